The molecule has 4 heteroatoms. The van der Waals surface area contributed by atoms with Gasteiger partial charge in [0.25, 0.3) is 0 Å². The number of hydrogen-bond donors (Lipinski definition) is 1. The molecule has 1 atom stereocenters. The molecule has 0 bridgehead atoms. The minimum atomic E-state index is -0.458. The van der Waals surface area contributed by atoms with Crippen molar-refractivity contribution in [3.63, 3.8) is 0 Å². The SMILES string of the molecule is COCCC(N)C(=O)N(Cc1cccc(C)c1)C1CC1. The molecule has 0 radical (unpaired) electrons. The van der Waals surface area contributed by atoms with E-state index in [4.69, 9.17) is 10.5 Å². The number of nitrogens with two attached hydrogens (primary N) is 1. The summed E-state index contributed by atoms with van der Waals surface area (Å²) in [5.74, 6) is 0.0473. The van der Waals surface area contributed by atoms with Crippen LogP contribution < -0.4 is 5.73 Å². The molecule has 1 unspecified atom stereocenters. The Bertz CT molecular complexity index is 458. The average Bonchev–Trinajstić information content (AvgIpc) is 3.26. The Balaban J connectivity index is 2.01. The molecule has 1 fully saturated rings. The van der Waals surface area contributed by atoms with E-state index in [1.54, 1.807) is 7.11 Å². The van der Waals surface area contributed by atoms with E-state index in [9.17, 15) is 4.79 Å². The molecule has 2 rings (SSSR count). The van der Waals surface area contributed by atoms with Gasteiger partial charge < -0.3 is 15.4 Å². The van der Waals surface area contributed by atoms with Gasteiger partial charge in [-0.3, -0.25) is 4.79 Å². The van der Waals surface area contributed by atoms with Crippen LogP contribution in [-0.4, -0.2) is 36.6 Å². The first-order valence-corrected chi connectivity index (χ1v) is 7.22. The molecule has 0 heterocycles. The summed E-state index contributed by atoms with van der Waals surface area (Å²) < 4.78 is 5.00. The molecule has 110 valence electrons. The van der Waals surface area contributed by atoms with Gasteiger partial charge in [0.15, 0.2) is 0 Å². The molecule has 0 spiro atoms. The highest BCUT2D eigenvalue weighted by molar-refractivity contribution is 5.82. The van der Waals surface area contributed by atoms with Crippen molar-refractivity contribution in [2.45, 2.75) is 44.8 Å². The van der Waals surface area contributed by atoms with Crippen LogP contribution in [0.25, 0.3) is 0 Å². The first-order chi connectivity index (χ1) is 9.61. The Morgan fingerprint density at radius 3 is 2.85 bits per heavy atom. The summed E-state index contributed by atoms with van der Waals surface area (Å²) in [5, 5.41) is 0. The summed E-state index contributed by atoms with van der Waals surface area (Å²) in [6, 6.07) is 8.21. The van der Waals surface area contributed by atoms with Gasteiger partial charge in [0.2, 0.25) is 5.91 Å². The number of methoxy groups -OCH3 is 1. The molecule has 0 aromatic heterocycles. The van der Waals surface area contributed by atoms with E-state index in [0.29, 0.717) is 25.6 Å². The van der Waals surface area contributed by atoms with Crippen LogP contribution >= 0.6 is 0 Å². The van der Waals surface area contributed by atoms with Crippen LogP contribution in [0, 0.1) is 6.92 Å². The molecule has 1 saturated carbocycles. The maximum absolute atomic E-state index is 12.5. The lowest BCUT2D eigenvalue weighted by Crippen LogP contribution is -2.45. The fourth-order valence-electron chi connectivity index (χ4n) is 2.36. The zero-order chi connectivity index (χ0) is 14.5. The molecule has 4 nitrogen and oxygen atoms in total. The van der Waals surface area contributed by atoms with Gasteiger partial charge in [0, 0.05) is 26.3 Å². The summed E-state index contributed by atoms with van der Waals surface area (Å²) in [5.41, 5.74) is 8.37. The van der Waals surface area contributed by atoms with Crippen LogP contribution in [0.5, 0.6) is 0 Å². The van der Waals surface area contributed by atoms with Crippen LogP contribution in [0.4, 0.5) is 0 Å². The zero-order valence-electron chi connectivity index (χ0n) is 12.3. The summed E-state index contributed by atoms with van der Waals surface area (Å²) in [7, 11) is 1.63. The number of aryl methyl sites for hydroxylation is 1. The van der Waals surface area contributed by atoms with Crippen molar-refractivity contribution in [2.24, 2.45) is 5.73 Å². The van der Waals surface area contributed by atoms with E-state index in [0.717, 1.165) is 12.8 Å². The Hall–Kier alpha value is -1.39. The van der Waals surface area contributed by atoms with Crippen LogP contribution in [0.15, 0.2) is 24.3 Å². The molecule has 2 N–H and O–H groups in total. The van der Waals surface area contributed by atoms with Gasteiger partial charge in [-0.05, 0) is 31.7 Å². The van der Waals surface area contributed by atoms with E-state index >= 15 is 0 Å². The summed E-state index contributed by atoms with van der Waals surface area (Å²) in [4.78, 5) is 14.4. The van der Waals surface area contributed by atoms with Crippen molar-refractivity contribution in [3.8, 4) is 0 Å². The third kappa shape index (κ3) is 4.05. The van der Waals surface area contributed by atoms with Crippen molar-refractivity contribution in [2.75, 3.05) is 13.7 Å². The van der Waals surface area contributed by atoms with Gasteiger partial charge >= 0.3 is 0 Å². The van der Waals surface area contributed by atoms with Gasteiger partial charge in [-0.1, -0.05) is 29.8 Å². The maximum Gasteiger partial charge on any atom is 0.240 e. The summed E-state index contributed by atoms with van der Waals surface area (Å²) in [6.07, 6.45) is 2.76. The van der Waals surface area contributed by atoms with E-state index in [-0.39, 0.29) is 5.91 Å². The highest BCUT2D eigenvalue weighted by Gasteiger charge is 2.34. The molecule has 1 amide bonds. The van der Waals surface area contributed by atoms with Crippen LogP contribution in [0.3, 0.4) is 0 Å². The highest BCUT2D eigenvalue weighted by Crippen LogP contribution is 2.29. The number of ether oxygens (including phenoxy) is 1. The zero-order valence-corrected chi connectivity index (χ0v) is 12.3. The topological polar surface area (TPSA) is 55.6 Å². The Morgan fingerprint density at radius 1 is 1.50 bits per heavy atom. The molecule has 0 saturated heterocycles. The quantitative estimate of drug-likeness (QED) is 0.827. The lowest BCUT2D eigenvalue weighted by Gasteiger charge is -2.26. The molecular weight excluding hydrogens is 252 g/mol. The molecule has 1 aromatic carbocycles. The van der Waals surface area contributed by atoms with Gasteiger partial charge in [0.05, 0.1) is 6.04 Å². The van der Waals surface area contributed by atoms with E-state index in [2.05, 4.69) is 25.1 Å². The van der Waals surface area contributed by atoms with Crippen LogP contribution in [0.1, 0.15) is 30.4 Å². The third-order valence-electron chi connectivity index (χ3n) is 3.66. The number of carbonyl (C=O) groups is 1. The van der Waals surface area contributed by atoms with E-state index < -0.39 is 6.04 Å². The Labute approximate surface area is 120 Å². The highest BCUT2D eigenvalue weighted by atomic mass is 16.5. The van der Waals surface area contributed by atoms with Crippen LogP contribution in [0.2, 0.25) is 0 Å². The summed E-state index contributed by atoms with van der Waals surface area (Å²) in [6.45, 7) is 3.25. The maximum atomic E-state index is 12.5. The minimum Gasteiger partial charge on any atom is -0.385 e. The largest absolute Gasteiger partial charge is 0.385 e. The normalized spacial score (nSPS) is 15.9. The third-order valence-corrected chi connectivity index (χ3v) is 3.66. The Kier molecular flexibility index (Phi) is 5.15. The first-order valence-electron chi connectivity index (χ1n) is 7.22. The van der Waals surface area contributed by atoms with Gasteiger partial charge in [-0.15, -0.1) is 0 Å². The number of nitrogens with zero attached hydrogens (tertiary/aromatic N) is 1. The number of carbonyl (C=O) groups excluding carboxylic acids is 1. The second kappa shape index (κ2) is 6.86. The van der Waals surface area contributed by atoms with Crippen molar-refractivity contribution in [1.82, 2.24) is 4.90 Å². The van der Waals surface area contributed by atoms with E-state index in [1.165, 1.54) is 11.1 Å². The monoisotopic (exact) mass is 276 g/mol. The predicted octanol–water partition coefficient (Wildman–Crippen LogP) is 1.85. The first kappa shape index (κ1) is 15.0. The smallest absolute Gasteiger partial charge is 0.240 e. The van der Waals surface area contributed by atoms with Gasteiger partial charge in [-0.25, -0.2) is 0 Å². The molecule has 20 heavy (non-hydrogen) atoms. The Morgan fingerprint density at radius 2 is 2.25 bits per heavy atom. The molecule has 1 aliphatic carbocycles. The molecule has 1 aliphatic rings. The van der Waals surface area contributed by atoms with E-state index in [1.807, 2.05) is 11.0 Å². The van der Waals surface area contributed by atoms with Crippen LogP contribution in [-0.2, 0) is 16.1 Å². The number of amides is 1. The number of rotatable bonds is 7. The lowest BCUT2D eigenvalue weighted by molar-refractivity contribution is -0.134. The summed E-state index contributed by atoms with van der Waals surface area (Å²) >= 11 is 0. The van der Waals surface area contributed by atoms with Gasteiger partial charge in [0.1, 0.15) is 0 Å². The molecule has 1 aromatic rings. The standard InChI is InChI=1S/C16H24N2O2/c1-12-4-3-5-13(10-12)11-18(14-6-7-14)16(19)15(17)8-9-20-2/h3-5,10,14-15H,6-9,11,17H2,1-2H3. The van der Waals surface area contributed by atoms with Gasteiger partial charge in [-0.2, -0.15) is 0 Å². The second-order valence-electron chi connectivity index (χ2n) is 5.57. The fourth-order valence-corrected chi connectivity index (χ4v) is 2.36. The molecule has 0 aliphatic heterocycles. The molecular formula is C16H24N2O2. The van der Waals surface area contributed by atoms with Crippen molar-refractivity contribution < 1.29 is 9.53 Å². The van der Waals surface area contributed by atoms with Crippen molar-refractivity contribution >= 4 is 5.91 Å². The second-order valence-corrected chi connectivity index (χ2v) is 5.57. The average molecular weight is 276 g/mol. The van der Waals surface area contributed by atoms with Crippen molar-refractivity contribution in [1.29, 1.82) is 0 Å². The fraction of sp³-hybridized carbons (Fsp3) is 0.562. The minimum absolute atomic E-state index is 0.0473. The predicted molar refractivity (Wildman–Crippen MR) is 79.2 cm³/mol. The number of benzene rings is 1. The van der Waals surface area contributed by atoms with Crippen molar-refractivity contribution in [3.05, 3.63) is 35.4 Å². The lowest BCUT2D eigenvalue weighted by atomic mass is 10.1. The number of hydrogen-bond acceptors (Lipinski definition) is 3.